The van der Waals surface area contributed by atoms with Crippen LogP contribution in [-0.2, 0) is 4.79 Å². The summed E-state index contributed by atoms with van der Waals surface area (Å²) in [6.45, 7) is 8.87. The lowest BCUT2D eigenvalue weighted by Crippen LogP contribution is -2.38. The van der Waals surface area contributed by atoms with Crippen molar-refractivity contribution in [2.24, 2.45) is 0 Å². The summed E-state index contributed by atoms with van der Waals surface area (Å²) in [5.41, 5.74) is 0. The smallest absolute Gasteiger partial charge is 0.260 e. The zero-order chi connectivity index (χ0) is 19.1. The van der Waals surface area contributed by atoms with Crippen LogP contribution in [0.4, 0.5) is 0 Å². The highest BCUT2D eigenvalue weighted by atomic mass is 16.5. The van der Waals surface area contributed by atoms with Crippen molar-refractivity contribution < 1.29 is 13.9 Å². The minimum atomic E-state index is 0.0696. The monoisotopic (exact) mass is 370 g/mol. The molecule has 1 atom stereocenters. The fraction of sp³-hybridized carbons (Fsp3) is 0.500. The van der Waals surface area contributed by atoms with Crippen LogP contribution >= 0.6 is 0 Å². The Morgan fingerprint density at radius 2 is 1.93 bits per heavy atom. The summed E-state index contributed by atoms with van der Waals surface area (Å²) in [5.74, 6) is 3.26. The van der Waals surface area contributed by atoms with Gasteiger partial charge < -0.3 is 19.0 Å². The molecule has 1 amide bonds. The van der Waals surface area contributed by atoms with Crippen LogP contribution in [-0.4, -0.2) is 55.0 Å². The lowest BCUT2D eigenvalue weighted by molar-refractivity contribution is -0.133. The standard InChI is InChI=1S/C22H30N2O3/c1-18(21-10-9-19(2)27-21)11-14-23-12-6-13-24(16-15-23)22(25)17-26-20-7-4-3-5-8-20/h3-5,7-10,18H,6,11-17H2,1-2H3. The van der Waals surface area contributed by atoms with E-state index in [4.69, 9.17) is 9.15 Å². The van der Waals surface area contributed by atoms with Crippen LogP contribution in [0.25, 0.3) is 0 Å². The first kappa shape index (κ1) is 19.5. The number of hydrogen-bond acceptors (Lipinski definition) is 4. The van der Waals surface area contributed by atoms with Crippen LogP contribution in [0, 0.1) is 6.92 Å². The van der Waals surface area contributed by atoms with Crippen molar-refractivity contribution in [1.82, 2.24) is 9.80 Å². The normalized spacial score (nSPS) is 16.7. The number of carbonyl (C=O) groups excluding carboxylic acids is 1. The fourth-order valence-corrected chi connectivity index (χ4v) is 3.43. The third-order valence-electron chi connectivity index (χ3n) is 5.17. The Balaban J connectivity index is 1.41. The molecule has 5 heteroatoms. The lowest BCUT2D eigenvalue weighted by atomic mass is 10.0. The van der Waals surface area contributed by atoms with E-state index in [0.29, 0.717) is 5.92 Å². The van der Waals surface area contributed by atoms with Crippen LogP contribution in [0.2, 0.25) is 0 Å². The Morgan fingerprint density at radius 3 is 2.67 bits per heavy atom. The van der Waals surface area contributed by atoms with Gasteiger partial charge in [0.05, 0.1) is 0 Å². The van der Waals surface area contributed by atoms with E-state index in [9.17, 15) is 4.79 Å². The lowest BCUT2D eigenvalue weighted by Gasteiger charge is -2.23. The molecule has 3 rings (SSSR count). The first-order valence-electron chi connectivity index (χ1n) is 9.86. The molecule has 27 heavy (non-hydrogen) atoms. The predicted molar refractivity (Wildman–Crippen MR) is 106 cm³/mol. The number of ether oxygens (including phenoxy) is 1. The number of hydrogen-bond donors (Lipinski definition) is 0. The van der Waals surface area contributed by atoms with E-state index in [1.807, 2.05) is 48.2 Å². The molecule has 1 saturated heterocycles. The highest BCUT2D eigenvalue weighted by Gasteiger charge is 2.20. The molecule has 0 spiro atoms. The molecule has 0 radical (unpaired) electrons. The summed E-state index contributed by atoms with van der Waals surface area (Å²) < 4.78 is 11.3. The Bertz CT molecular complexity index is 713. The van der Waals surface area contributed by atoms with Gasteiger partial charge in [-0.3, -0.25) is 4.79 Å². The van der Waals surface area contributed by atoms with Gasteiger partial charge >= 0.3 is 0 Å². The second-order valence-electron chi connectivity index (χ2n) is 7.32. The van der Waals surface area contributed by atoms with Gasteiger partial charge in [-0.1, -0.05) is 25.1 Å². The number of para-hydroxylation sites is 1. The van der Waals surface area contributed by atoms with E-state index in [1.54, 1.807) is 0 Å². The SMILES string of the molecule is Cc1ccc(C(C)CCN2CCCN(C(=O)COc3ccccc3)CC2)o1. The van der Waals surface area contributed by atoms with Crippen LogP contribution in [0.1, 0.15) is 37.2 Å². The Hall–Kier alpha value is -2.27. The summed E-state index contributed by atoms with van der Waals surface area (Å²) in [6, 6.07) is 13.6. The quantitative estimate of drug-likeness (QED) is 0.746. The second-order valence-corrected chi connectivity index (χ2v) is 7.32. The van der Waals surface area contributed by atoms with Gasteiger partial charge in [-0.05, 0) is 57.1 Å². The molecule has 0 bridgehead atoms. The van der Waals surface area contributed by atoms with Gasteiger partial charge in [-0.15, -0.1) is 0 Å². The zero-order valence-electron chi connectivity index (χ0n) is 16.4. The van der Waals surface area contributed by atoms with Crippen molar-refractivity contribution in [1.29, 1.82) is 0 Å². The van der Waals surface area contributed by atoms with Crippen LogP contribution in [0.3, 0.4) is 0 Å². The first-order valence-corrected chi connectivity index (χ1v) is 9.86. The third kappa shape index (κ3) is 5.86. The van der Waals surface area contributed by atoms with E-state index in [1.165, 1.54) is 0 Å². The Kier molecular flexibility index (Phi) is 6.93. The molecule has 2 heterocycles. The number of nitrogens with zero attached hydrogens (tertiary/aromatic N) is 2. The van der Waals surface area contributed by atoms with Crippen molar-refractivity contribution in [2.45, 2.75) is 32.6 Å². The minimum Gasteiger partial charge on any atom is -0.484 e. The molecule has 1 aliphatic heterocycles. The molecule has 0 saturated carbocycles. The van der Waals surface area contributed by atoms with Gasteiger partial charge in [0.2, 0.25) is 0 Å². The molecule has 1 aromatic heterocycles. The van der Waals surface area contributed by atoms with E-state index >= 15 is 0 Å². The maximum atomic E-state index is 12.5. The van der Waals surface area contributed by atoms with Gasteiger partial charge in [-0.25, -0.2) is 0 Å². The molecule has 1 aliphatic rings. The fourth-order valence-electron chi connectivity index (χ4n) is 3.43. The molecule has 0 aliphatic carbocycles. The summed E-state index contributed by atoms with van der Waals surface area (Å²) in [7, 11) is 0. The molecule has 2 aromatic rings. The predicted octanol–water partition coefficient (Wildman–Crippen LogP) is 3.69. The summed E-state index contributed by atoms with van der Waals surface area (Å²) in [6.07, 6.45) is 2.07. The van der Waals surface area contributed by atoms with Crippen LogP contribution in [0.15, 0.2) is 46.9 Å². The Labute approximate surface area is 161 Å². The van der Waals surface area contributed by atoms with Crippen molar-refractivity contribution >= 4 is 5.91 Å². The number of benzene rings is 1. The van der Waals surface area contributed by atoms with Gasteiger partial charge in [0, 0.05) is 25.6 Å². The largest absolute Gasteiger partial charge is 0.484 e. The van der Waals surface area contributed by atoms with Gasteiger partial charge in [-0.2, -0.15) is 0 Å². The molecule has 1 unspecified atom stereocenters. The highest BCUT2D eigenvalue weighted by molar-refractivity contribution is 5.77. The van der Waals surface area contributed by atoms with Crippen molar-refractivity contribution in [3.8, 4) is 5.75 Å². The first-order chi connectivity index (χ1) is 13.1. The van der Waals surface area contributed by atoms with E-state index in [2.05, 4.69) is 17.9 Å². The molecule has 146 valence electrons. The van der Waals surface area contributed by atoms with Crippen molar-refractivity contribution in [3.05, 3.63) is 54.0 Å². The Morgan fingerprint density at radius 1 is 1.11 bits per heavy atom. The third-order valence-corrected chi connectivity index (χ3v) is 5.17. The average molecular weight is 370 g/mol. The van der Waals surface area contributed by atoms with E-state index in [0.717, 1.165) is 62.8 Å². The maximum absolute atomic E-state index is 12.5. The number of carbonyl (C=O) groups is 1. The summed E-state index contributed by atoms with van der Waals surface area (Å²) in [5, 5.41) is 0. The zero-order valence-corrected chi connectivity index (χ0v) is 16.4. The summed E-state index contributed by atoms with van der Waals surface area (Å²) >= 11 is 0. The van der Waals surface area contributed by atoms with E-state index < -0.39 is 0 Å². The maximum Gasteiger partial charge on any atom is 0.260 e. The molecule has 1 aromatic carbocycles. The molecular formula is C22H30N2O3. The number of rotatable bonds is 7. The summed E-state index contributed by atoms with van der Waals surface area (Å²) in [4.78, 5) is 16.8. The molecule has 0 N–H and O–H groups in total. The number of amides is 1. The molecule has 1 fully saturated rings. The topological polar surface area (TPSA) is 45.9 Å². The molecular weight excluding hydrogens is 340 g/mol. The van der Waals surface area contributed by atoms with Gasteiger partial charge in [0.25, 0.3) is 5.91 Å². The average Bonchev–Trinajstić information content (AvgIpc) is 2.98. The van der Waals surface area contributed by atoms with Crippen LogP contribution in [0.5, 0.6) is 5.75 Å². The van der Waals surface area contributed by atoms with Gasteiger partial charge in [0.1, 0.15) is 17.3 Å². The highest BCUT2D eigenvalue weighted by Crippen LogP contribution is 2.22. The second kappa shape index (κ2) is 9.60. The van der Waals surface area contributed by atoms with E-state index in [-0.39, 0.29) is 12.5 Å². The minimum absolute atomic E-state index is 0.0696. The number of furan rings is 1. The van der Waals surface area contributed by atoms with Crippen molar-refractivity contribution in [2.75, 3.05) is 39.3 Å². The van der Waals surface area contributed by atoms with Gasteiger partial charge in [0.15, 0.2) is 6.61 Å². The number of aryl methyl sites for hydroxylation is 1. The molecule has 5 nitrogen and oxygen atoms in total. The van der Waals surface area contributed by atoms with Crippen LogP contribution < -0.4 is 4.74 Å². The van der Waals surface area contributed by atoms with Crippen molar-refractivity contribution in [3.63, 3.8) is 0 Å².